The Kier molecular flexibility index (Phi) is 5.52. The molecule has 0 aliphatic rings. The van der Waals surface area contributed by atoms with Crippen LogP contribution in [0.3, 0.4) is 0 Å². The lowest BCUT2D eigenvalue weighted by atomic mass is 10.0. The standard InChI is InChI=1S/C15H20N2O2S/c1-11(16-7-14-9-20-10-17-14)12-4-5-15(19-3)13(6-12)8-18-2/h4-6,9-11,16H,7-8H2,1-3H3. The SMILES string of the molecule is COCc1cc(C(C)NCc2cscn2)ccc1OC. The fourth-order valence-electron chi connectivity index (χ4n) is 2.04. The summed E-state index contributed by atoms with van der Waals surface area (Å²) in [5.41, 5.74) is 5.21. The van der Waals surface area contributed by atoms with Crippen molar-refractivity contribution in [3.05, 3.63) is 45.9 Å². The van der Waals surface area contributed by atoms with Gasteiger partial charge in [-0.05, 0) is 24.6 Å². The van der Waals surface area contributed by atoms with Crippen LogP contribution in [0.5, 0.6) is 5.75 Å². The molecule has 1 aromatic heterocycles. The molecule has 108 valence electrons. The first-order valence-corrected chi connectivity index (χ1v) is 7.45. The number of ether oxygens (including phenoxy) is 2. The predicted molar refractivity (Wildman–Crippen MR) is 81.1 cm³/mol. The highest BCUT2D eigenvalue weighted by Gasteiger charge is 2.10. The smallest absolute Gasteiger partial charge is 0.124 e. The number of hydrogen-bond donors (Lipinski definition) is 1. The van der Waals surface area contributed by atoms with E-state index in [-0.39, 0.29) is 6.04 Å². The number of rotatable bonds is 7. The van der Waals surface area contributed by atoms with Gasteiger partial charge in [-0.25, -0.2) is 4.98 Å². The van der Waals surface area contributed by atoms with E-state index in [1.54, 1.807) is 25.6 Å². The minimum atomic E-state index is 0.248. The first-order valence-electron chi connectivity index (χ1n) is 6.50. The van der Waals surface area contributed by atoms with Crippen molar-refractivity contribution in [2.45, 2.75) is 26.1 Å². The molecule has 2 aromatic rings. The number of thiazole rings is 1. The van der Waals surface area contributed by atoms with Crippen molar-refractivity contribution in [3.8, 4) is 5.75 Å². The number of benzene rings is 1. The van der Waals surface area contributed by atoms with E-state index < -0.39 is 0 Å². The molecule has 0 saturated carbocycles. The van der Waals surface area contributed by atoms with Gasteiger partial charge in [-0.15, -0.1) is 11.3 Å². The fraction of sp³-hybridized carbons (Fsp3) is 0.400. The molecule has 1 unspecified atom stereocenters. The van der Waals surface area contributed by atoms with Crippen molar-refractivity contribution in [2.75, 3.05) is 14.2 Å². The third-order valence-electron chi connectivity index (χ3n) is 3.18. The first kappa shape index (κ1) is 15.0. The average Bonchev–Trinajstić information content (AvgIpc) is 2.98. The van der Waals surface area contributed by atoms with Gasteiger partial charge < -0.3 is 14.8 Å². The van der Waals surface area contributed by atoms with E-state index in [9.17, 15) is 0 Å². The molecule has 4 nitrogen and oxygen atoms in total. The average molecular weight is 292 g/mol. The number of nitrogens with zero attached hydrogens (tertiary/aromatic N) is 1. The number of methoxy groups -OCH3 is 2. The van der Waals surface area contributed by atoms with E-state index in [1.807, 2.05) is 11.6 Å². The Bertz CT molecular complexity index is 529. The van der Waals surface area contributed by atoms with Gasteiger partial charge in [0.15, 0.2) is 0 Å². The second kappa shape index (κ2) is 7.38. The van der Waals surface area contributed by atoms with Crippen molar-refractivity contribution >= 4 is 11.3 Å². The molecule has 5 heteroatoms. The van der Waals surface area contributed by atoms with Gasteiger partial charge in [-0.1, -0.05) is 6.07 Å². The normalized spacial score (nSPS) is 12.3. The van der Waals surface area contributed by atoms with Crippen LogP contribution in [0.25, 0.3) is 0 Å². The summed E-state index contributed by atoms with van der Waals surface area (Å²) in [6.07, 6.45) is 0. The first-order chi connectivity index (χ1) is 9.74. The minimum absolute atomic E-state index is 0.248. The van der Waals surface area contributed by atoms with Crippen LogP contribution in [0.1, 0.15) is 29.8 Å². The highest BCUT2D eigenvalue weighted by Crippen LogP contribution is 2.24. The van der Waals surface area contributed by atoms with E-state index >= 15 is 0 Å². The molecular weight excluding hydrogens is 272 g/mol. The Morgan fingerprint density at radius 1 is 1.35 bits per heavy atom. The maximum Gasteiger partial charge on any atom is 0.124 e. The van der Waals surface area contributed by atoms with E-state index in [2.05, 4.69) is 34.7 Å². The second-order valence-electron chi connectivity index (χ2n) is 4.59. The van der Waals surface area contributed by atoms with E-state index in [1.165, 1.54) is 5.56 Å². The zero-order valence-corrected chi connectivity index (χ0v) is 12.9. The molecule has 0 saturated heterocycles. The molecule has 1 heterocycles. The van der Waals surface area contributed by atoms with Gasteiger partial charge in [0.25, 0.3) is 0 Å². The van der Waals surface area contributed by atoms with E-state index in [0.717, 1.165) is 23.6 Å². The zero-order chi connectivity index (χ0) is 14.4. The summed E-state index contributed by atoms with van der Waals surface area (Å²) in [4.78, 5) is 4.27. The summed E-state index contributed by atoms with van der Waals surface area (Å²) >= 11 is 1.62. The van der Waals surface area contributed by atoms with Crippen molar-refractivity contribution in [1.29, 1.82) is 0 Å². The summed E-state index contributed by atoms with van der Waals surface area (Å²) in [6.45, 7) is 3.47. The maximum absolute atomic E-state index is 5.34. The lowest BCUT2D eigenvalue weighted by molar-refractivity contribution is 0.181. The highest BCUT2D eigenvalue weighted by atomic mass is 32.1. The van der Waals surface area contributed by atoms with Gasteiger partial charge in [-0.2, -0.15) is 0 Å². The third-order valence-corrected chi connectivity index (χ3v) is 3.81. The summed E-state index contributed by atoms with van der Waals surface area (Å²) in [6, 6.07) is 6.45. The van der Waals surface area contributed by atoms with Crippen LogP contribution in [0.2, 0.25) is 0 Å². The lowest BCUT2D eigenvalue weighted by Gasteiger charge is -2.16. The Morgan fingerprint density at radius 2 is 2.20 bits per heavy atom. The molecule has 1 N–H and O–H groups in total. The van der Waals surface area contributed by atoms with Gasteiger partial charge >= 0.3 is 0 Å². The van der Waals surface area contributed by atoms with Gasteiger partial charge in [0, 0.05) is 30.6 Å². The fourth-order valence-corrected chi connectivity index (χ4v) is 2.59. The summed E-state index contributed by atoms with van der Waals surface area (Å²) in [5.74, 6) is 0.863. The molecule has 20 heavy (non-hydrogen) atoms. The molecule has 0 aliphatic heterocycles. The zero-order valence-electron chi connectivity index (χ0n) is 12.1. The van der Waals surface area contributed by atoms with Crippen LogP contribution in [-0.4, -0.2) is 19.2 Å². The van der Waals surface area contributed by atoms with Crippen LogP contribution in [0, 0.1) is 0 Å². The third kappa shape index (κ3) is 3.79. The molecule has 2 rings (SSSR count). The predicted octanol–water partition coefficient (Wildman–Crippen LogP) is 3.15. The molecule has 1 atom stereocenters. The quantitative estimate of drug-likeness (QED) is 0.851. The van der Waals surface area contributed by atoms with E-state index in [4.69, 9.17) is 9.47 Å². The minimum Gasteiger partial charge on any atom is -0.496 e. The molecule has 1 aromatic carbocycles. The van der Waals surface area contributed by atoms with Crippen LogP contribution >= 0.6 is 11.3 Å². The molecule has 0 radical (unpaired) electrons. The van der Waals surface area contributed by atoms with Crippen molar-refractivity contribution < 1.29 is 9.47 Å². The highest BCUT2D eigenvalue weighted by molar-refractivity contribution is 7.07. The van der Waals surface area contributed by atoms with Crippen molar-refractivity contribution in [2.24, 2.45) is 0 Å². The Morgan fingerprint density at radius 3 is 2.85 bits per heavy atom. The monoisotopic (exact) mass is 292 g/mol. The van der Waals surface area contributed by atoms with Gasteiger partial charge in [0.05, 0.1) is 24.9 Å². The summed E-state index contributed by atoms with van der Waals surface area (Å²) in [7, 11) is 3.37. The molecule has 0 spiro atoms. The number of nitrogens with one attached hydrogen (secondary N) is 1. The van der Waals surface area contributed by atoms with Crippen molar-refractivity contribution in [3.63, 3.8) is 0 Å². The van der Waals surface area contributed by atoms with Crippen LogP contribution in [-0.2, 0) is 17.9 Å². The number of hydrogen-bond acceptors (Lipinski definition) is 5. The van der Waals surface area contributed by atoms with Crippen LogP contribution in [0.15, 0.2) is 29.1 Å². The van der Waals surface area contributed by atoms with Crippen LogP contribution < -0.4 is 10.1 Å². The van der Waals surface area contributed by atoms with Gasteiger partial charge in [0.2, 0.25) is 0 Å². The van der Waals surface area contributed by atoms with Gasteiger partial charge in [-0.3, -0.25) is 0 Å². The molecule has 0 amide bonds. The lowest BCUT2D eigenvalue weighted by Crippen LogP contribution is -2.18. The summed E-state index contributed by atoms with van der Waals surface area (Å²) < 4.78 is 10.6. The molecule has 0 bridgehead atoms. The second-order valence-corrected chi connectivity index (χ2v) is 5.31. The number of aromatic nitrogens is 1. The Balaban J connectivity index is 2.05. The largest absolute Gasteiger partial charge is 0.496 e. The Labute approximate surface area is 123 Å². The Hall–Kier alpha value is -1.43. The molecule has 0 fully saturated rings. The van der Waals surface area contributed by atoms with Gasteiger partial charge in [0.1, 0.15) is 5.75 Å². The van der Waals surface area contributed by atoms with Crippen molar-refractivity contribution in [1.82, 2.24) is 10.3 Å². The maximum atomic E-state index is 5.34. The molecular formula is C15H20N2O2S. The summed E-state index contributed by atoms with van der Waals surface area (Å²) in [5, 5.41) is 5.53. The van der Waals surface area contributed by atoms with E-state index in [0.29, 0.717) is 6.61 Å². The van der Waals surface area contributed by atoms with Crippen LogP contribution in [0.4, 0.5) is 0 Å². The molecule has 0 aliphatic carbocycles. The topological polar surface area (TPSA) is 43.4 Å².